The maximum Gasteiger partial charge on any atom is 0.0585 e. The van der Waals surface area contributed by atoms with Gasteiger partial charge in [-0.05, 0) is 36.9 Å². The van der Waals surface area contributed by atoms with Gasteiger partial charge in [0.2, 0.25) is 0 Å². The van der Waals surface area contributed by atoms with E-state index in [1.54, 1.807) is 0 Å². The molecule has 0 amide bonds. The predicted molar refractivity (Wildman–Crippen MR) is 78.7 cm³/mol. The van der Waals surface area contributed by atoms with E-state index in [0.717, 1.165) is 6.54 Å². The lowest BCUT2D eigenvalue weighted by Gasteiger charge is -2.13. The van der Waals surface area contributed by atoms with E-state index >= 15 is 0 Å². The van der Waals surface area contributed by atoms with Gasteiger partial charge in [-0.25, -0.2) is 0 Å². The summed E-state index contributed by atoms with van der Waals surface area (Å²) in [4.78, 5) is 4.31. The van der Waals surface area contributed by atoms with E-state index < -0.39 is 0 Å². The quantitative estimate of drug-likeness (QED) is 0.773. The number of hydrogen-bond donors (Lipinski definition) is 1. The molecule has 0 aliphatic carbocycles. The highest BCUT2D eigenvalue weighted by Gasteiger charge is 2.03. The minimum absolute atomic E-state index is 0.769. The minimum atomic E-state index is 0.769. The highest BCUT2D eigenvalue weighted by molar-refractivity contribution is 5.84. The van der Waals surface area contributed by atoms with Crippen molar-refractivity contribution < 1.29 is 0 Å². The second-order valence-electron chi connectivity index (χ2n) is 4.81. The number of benzene rings is 1. The molecule has 3 aromatic rings. The molecule has 0 bridgehead atoms. The Morgan fingerprint density at radius 2 is 1.74 bits per heavy atom. The Hall–Kier alpha value is -2.29. The molecule has 3 nitrogen and oxygen atoms in total. The Kier molecular flexibility index (Phi) is 2.95. The van der Waals surface area contributed by atoms with Gasteiger partial charge in [-0.3, -0.25) is 9.66 Å². The molecular formula is C16H17N3. The fourth-order valence-corrected chi connectivity index (χ4v) is 2.40. The van der Waals surface area contributed by atoms with E-state index in [-0.39, 0.29) is 0 Å². The first-order valence-corrected chi connectivity index (χ1v) is 6.46. The summed E-state index contributed by atoms with van der Waals surface area (Å²) in [6.07, 6.45) is 3.84. The Morgan fingerprint density at radius 1 is 1.00 bits per heavy atom. The molecule has 0 aliphatic heterocycles. The third-order valence-corrected chi connectivity index (χ3v) is 3.45. The number of fused-ring (bicyclic) bond motifs is 1. The van der Waals surface area contributed by atoms with Crippen LogP contribution in [0.5, 0.6) is 0 Å². The van der Waals surface area contributed by atoms with Gasteiger partial charge in [0.05, 0.1) is 6.54 Å². The molecule has 0 saturated heterocycles. The zero-order chi connectivity index (χ0) is 13.2. The van der Waals surface area contributed by atoms with E-state index in [2.05, 4.69) is 59.3 Å². The van der Waals surface area contributed by atoms with Gasteiger partial charge in [0.25, 0.3) is 0 Å². The molecule has 2 heterocycles. The van der Waals surface area contributed by atoms with Crippen molar-refractivity contribution in [3.63, 3.8) is 0 Å². The van der Waals surface area contributed by atoms with Crippen LogP contribution in [0.25, 0.3) is 10.8 Å². The average molecular weight is 251 g/mol. The van der Waals surface area contributed by atoms with Gasteiger partial charge in [0.15, 0.2) is 0 Å². The molecule has 1 aromatic carbocycles. The summed E-state index contributed by atoms with van der Waals surface area (Å²) >= 11 is 0. The van der Waals surface area contributed by atoms with Crippen LogP contribution >= 0.6 is 0 Å². The van der Waals surface area contributed by atoms with E-state index in [0.29, 0.717) is 0 Å². The predicted octanol–water partition coefficient (Wildman–Crippen LogP) is 3.40. The number of pyridine rings is 1. The van der Waals surface area contributed by atoms with Crippen molar-refractivity contribution in [1.82, 2.24) is 9.66 Å². The molecule has 0 saturated carbocycles. The van der Waals surface area contributed by atoms with Gasteiger partial charge in [0, 0.05) is 29.2 Å². The normalized spacial score (nSPS) is 10.8. The number of aromatic nitrogens is 2. The van der Waals surface area contributed by atoms with Crippen LogP contribution in [0, 0.1) is 13.8 Å². The molecule has 3 rings (SSSR count). The van der Waals surface area contributed by atoms with Gasteiger partial charge in [0.1, 0.15) is 0 Å². The Bertz CT molecular complexity index is 688. The monoisotopic (exact) mass is 251 g/mol. The van der Waals surface area contributed by atoms with Crippen molar-refractivity contribution >= 4 is 10.8 Å². The van der Waals surface area contributed by atoms with E-state index in [1.165, 1.54) is 27.7 Å². The van der Waals surface area contributed by atoms with Crippen LogP contribution in [-0.4, -0.2) is 9.66 Å². The van der Waals surface area contributed by atoms with Crippen molar-refractivity contribution in [2.75, 3.05) is 5.43 Å². The molecule has 0 unspecified atom stereocenters. The molecule has 0 fully saturated rings. The number of nitrogens with zero attached hydrogens (tertiary/aromatic N) is 2. The Morgan fingerprint density at radius 3 is 2.53 bits per heavy atom. The lowest BCUT2D eigenvalue weighted by atomic mass is 10.1. The van der Waals surface area contributed by atoms with Crippen LogP contribution in [-0.2, 0) is 6.54 Å². The Labute approximate surface area is 112 Å². The summed E-state index contributed by atoms with van der Waals surface area (Å²) in [7, 11) is 0. The van der Waals surface area contributed by atoms with Crippen molar-refractivity contribution in [2.24, 2.45) is 0 Å². The summed E-state index contributed by atoms with van der Waals surface area (Å²) in [5.74, 6) is 0. The summed E-state index contributed by atoms with van der Waals surface area (Å²) < 4.78 is 2.11. The first kappa shape index (κ1) is 11.8. The van der Waals surface area contributed by atoms with Crippen LogP contribution in [0.3, 0.4) is 0 Å². The molecule has 96 valence electrons. The molecule has 3 heteroatoms. The number of nitrogens with one attached hydrogen (secondary N) is 1. The topological polar surface area (TPSA) is 29.9 Å². The van der Waals surface area contributed by atoms with Crippen LogP contribution in [0.1, 0.15) is 17.0 Å². The molecular weight excluding hydrogens is 234 g/mol. The average Bonchev–Trinajstić information content (AvgIpc) is 2.76. The highest BCUT2D eigenvalue weighted by atomic mass is 15.4. The van der Waals surface area contributed by atoms with E-state index in [9.17, 15) is 0 Å². The molecule has 0 atom stereocenters. The van der Waals surface area contributed by atoms with Crippen LogP contribution in [0.4, 0.5) is 0 Å². The summed E-state index contributed by atoms with van der Waals surface area (Å²) in [6.45, 7) is 4.97. The SMILES string of the molecule is Cc1ccc(C)n1NCc1cncc2ccccc12. The molecule has 0 spiro atoms. The second kappa shape index (κ2) is 4.76. The third kappa shape index (κ3) is 2.19. The smallest absolute Gasteiger partial charge is 0.0585 e. The molecule has 0 aliphatic rings. The van der Waals surface area contributed by atoms with Crippen molar-refractivity contribution in [3.05, 3.63) is 65.7 Å². The molecule has 19 heavy (non-hydrogen) atoms. The van der Waals surface area contributed by atoms with Gasteiger partial charge in [-0.15, -0.1) is 0 Å². The largest absolute Gasteiger partial charge is 0.321 e. The molecule has 1 N–H and O–H groups in total. The fraction of sp³-hybridized carbons (Fsp3) is 0.188. The first-order valence-electron chi connectivity index (χ1n) is 6.46. The van der Waals surface area contributed by atoms with Crippen LogP contribution in [0.2, 0.25) is 0 Å². The molecule has 0 radical (unpaired) electrons. The van der Waals surface area contributed by atoms with Gasteiger partial charge in [-0.2, -0.15) is 0 Å². The lowest BCUT2D eigenvalue weighted by molar-refractivity contribution is 0.793. The van der Waals surface area contributed by atoms with E-state index in [4.69, 9.17) is 0 Å². The summed E-state index contributed by atoms with van der Waals surface area (Å²) in [5.41, 5.74) is 7.09. The fourth-order valence-electron chi connectivity index (χ4n) is 2.40. The number of rotatable bonds is 3. The van der Waals surface area contributed by atoms with Crippen LogP contribution in [0.15, 0.2) is 48.8 Å². The lowest BCUT2D eigenvalue weighted by Crippen LogP contribution is -2.17. The van der Waals surface area contributed by atoms with Gasteiger partial charge < -0.3 is 5.43 Å². The van der Waals surface area contributed by atoms with Crippen LogP contribution < -0.4 is 5.43 Å². The minimum Gasteiger partial charge on any atom is -0.321 e. The van der Waals surface area contributed by atoms with Gasteiger partial charge in [-0.1, -0.05) is 24.3 Å². The zero-order valence-electron chi connectivity index (χ0n) is 11.2. The van der Waals surface area contributed by atoms with E-state index in [1.807, 2.05) is 18.5 Å². The van der Waals surface area contributed by atoms with Gasteiger partial charge >= 0.3 is 0 Å². The zero-order valence-corrected chi connectivity index (χ0v) is 11.2. The highest BCUT2D eigenvalue weighted by Crippen LogP contribution is 2.17. The number of hydrogen-bond acceptors (Lipinski definition) is 2. The number of aryl methyl sites for hydroxylation is 2. The first-order chi connectivity index (χ1) is 9.25. The van der Waals surface area contributed by atoms with Crippen molar-refractivity contribution in [1.29, 1.82) is 0 Å². The third-order valence-electron chi connectivity index (χ3n) is 3.45. The molecule has 2 aromatic heterocycles. The maximum absolute atomic E-state index is 4.31. The maximum atomic E-state index is 4.31. The van der Waals surface area contributed by atoms with Crippen molar-refractivity contribution in [2.45, 2.75) is 20.4 Å². The standard InChI is InChI=1S/C16H17N3/c1-12-7-8-13(2)19(12)18-11-15-10-17-9-14-5-3-4-6-16(14)15/h3-10,18H,11H2,1-2H3. The van der Waals surface area contributed by atoms with Crippen molar-refractivity contribution in [3.8, 4) is 0 Å². The summed E-state index contributed by atoms with van der Waals surface area (Å²) in [5, 5.41) is 2.44. The second-order valence-corrected chi connectivity index (χ2v) is 4.81. The summed E-state index contributed by atoms with van der Waals surface area (Å²) in [6, 6.07) is 12.6. The Balaban J connectivity index is 1.90.